The predicted octanol–water partition coefficient (Wildman–Crippen LogP) is 6.50. The van der Waals surface area contributed by atoms with Gasteiger partial charge in [-0.05, 0) is 0 Å². The molecule has 2 aromatic rings. The fraction of sp³-hybridized carbons (Fsp3) is 0.200. The molecule has 2 aliphatic carbocycles. The summed E-state index contributed by atoms with van der Waals surface area (Å²) in [6.45, 7) is 4.71. The van der Waals surface area contributed by atoms with Crippen molar-refractivity contribution in [3.05, 3.63) is 82.9 Å². The molecule has 2 unspecified atom stereocenters. The number of allylic oxidation sites excluding steroid dienone is 2. The predicted molar refractivity (Wildman–Crippen MR) is 107 cm³/mol. The summed E-state index contributed by atoms with van der Waals surface area (Å²) in [6, 6.07) is 17.2. The molecule has 0 nitrogen and oxygen atoms in total. The maximum atomic E-state index is 7.73. The van der Waals surface area contributed by atoms with E-state index in [1.54, 1.807) is 0 Å². The van der Waals surface area contributed by atoms with Gasteiger partial charge in [-0.3, -0.25) is 0 Å². The Labute approximate surface area is 153 Å². The summed E-state index contributed by atoms with van der Waals surface area (Å²) in [5.41, 5.74) is 5.25. The summed E-state index contributed by atoms with van der Waals surface area (Å²) in [7, 11) is 15.5. The van der Waals surface area contributed by atoms with Crippen LogP contribution in [0.25, 0.3) is 12.2 Å². The zero-order valence-electron chi connectivity index (χ0n) is 13.9. The molecular weight excluding hydrogens is 430 g/mol. The topological polar surface area (TPSA) is 0 Å². The van der Waals surface area contributed by atoms with Crippen molar-refractivity contribution in [2.24, 2.45) is 0 Å². The SMILES string of the molecule is C[SiH](C)[Zr]([Cl])([Cl])([CH]1C=Cc2ccccc21)[CH]1C=Cc2ccccc21. The van der Waals surface area contributed by atoms with Crippen LogP contribution in [-0.2, 0) is 15.6 Å². The first-order valence-corrected chi connectivity index (χ1v) is 24.9. The summed E-state index contributed by atoms with van der Waals surface area (Å²) in [4.78, 5) is 0. The van der Waals surface area contributed by atoms with Crippen molar-refractivity contribution < 1.29 is 15.6 Å². The van der Waals surface area contributed by atoms with E-state index in [2.05, 4.69) is 85.9 Å². The van der Waals surface area contributed by atoms with Crippen LogP contribution >= 0.6 is 17.0 Å². The molecule has 0 amide bonds. The monoisotopic (exact) mass is 449 g/mol. The number of hydrogen-bond donors (Lipinski definition) is 0. The van der Waals surface area contributed by atoms with Crippen molar-refractivity contribution in [3.8, 4) is 0 Å². The van der Waals surface area contributed by atoms with Gasteiger partial charge in [0.2, 0.25) is 0 Å². The number of halogens is 2. The molecule has 123 valence electrons. The molecule has 0 spiro atoms. The summed E-state index contributed by atoms with van der Waals surface area (Å²) < 4.78 is 0.442. The van der Waals surface area contributed by atoms with Crippen molar-refractivity contribution in [2.45, 2.75) is 20.3 Å². The van der Waals surface area contributed by atoms with Crippen LogP contribution in [0.2, 0.25) is 13.1 Å². The minimum atomic E-state index is -4.17. The van der Waals surface area contributed by atoms with Crippen molar-refractivity contribution in [1.29, 1.82) is 0 Å². The van der Waals surface area contributed by atoms with Crippen molar-refractivity contribution >= 4 is 35.1 Å². The van der Waals surface area contributed by atoms with E-state index in [9.17, 15) is 0 Å². The molecule has 0 N–H and O–H groups in total. The Morgan fingerprint density at radius 1 is 0.750 bits per heavy atom. The standard InChI is InChI=1S/2C9H7.C2H7Si.2ClH.Zr/c2*1-2-5-9-7-3-6-8(9)4-1;1-3-2;;;/h2*1-7H;3H,1-2H3;2*1H;/q;;;;;+2/p-2. The van der Waals surface area contributed by atoms with E-state index in [0.29, 0.717) is 0 Å². The third kappa shape index (κ3) is 2.27. The molecule has 0 bridgehead atoms. The molecular formula is C20H21Cl2SiZr. The molecule has 4 heteroatoms. The summed E-state index contributed by atoms with van der Waals surface area (Å²) in [6.07, 6.45) is 9.05. The zero-order valence-corrected chi connectivity index (χ0v) is 19.0. The average Bonchev–Trinajstić information content (AvgIpc) is 3.20. The van der Waals surface area contributed by atoms with Crippen LogP contribution in [-0.4, -0.2) is 5.92 Å². The van der Waals surface area contributed by atoms with E-state index in [1.807, 2.05) is 0 Å². The number of benzene rings is 2. The van der Waals surface area contributed by atoms with Crippen LogP contribution in [0.4, 0.5) is 0 Å². The Morgan fingerprint density at radius 3 is 1.58 bits per heavy atom. The first-order chi connectivity index (χ1) is 11.4. The zero-order chi connectivity index (χ0) is 17.0. The van der Waals surface area contributed by atoms with Gasteiger partial charge in [0.1, 0.15) is 0 Å². The van der Waals surface area contributed by atoms with Crippen LogP contribution < -0.4 is 0 Å². The second kappa shape index (κ2) is 5.81. The van der Waals surface area contributed by atoms with Crippen molar-refractivity contribution in [2.75, 3.05) is 0 Å². The number of rotatable bonds is 3. The van der Waals surface area contributed by atoms with Gasteiger partial charge in [-0.2, -0.15) is 0 Å². The third-order valence-corrected chi connectivity index (χ3v) is 58.0. The van der Waals surface area contributed by atoms with Gasteiger partial charge in [0, 0.05) is 0 Å². The molecule has 2 aliphatic rings. The molecule has 0 saturated heterocycles. The summed E-state index contributed by atoms with van der Waals surface area (Å²) in [5, 5.41) is 0. The van der Waals surface area contributed by atoms with Crippen molar-refractivity contribution in [3.63, 3.8) is 0 Å². The van der Waals surface area contributed by atoms with Crippen LogP contribution in [0, 0.1) is 0 Å². The summed E-state index contributed by atoms with van der Waals surface area (Å²) in [5.74, 6) is -1.30. The Bertz CT molecular complexity index is 804. The second-order valence-corrected chi connectivity index (χ2v) is 50.0. The van der Waals surface area contributed by atoms with Gasteiger partial charge in [-0.15, -0.1) is 0 Å². The normalized spacial score (nSPS) is 23.1. The molecule has 2 aromatic carbocycles. The van der Waals surface area contributed by atoms with Crippen LogP contribution in [0.3, 0.4) is 0 Å². The van der Waals surface area contributed by atoms with Crippen LogP contribution in [0.1, 0.15) is 29.5 Å². The van der Waals surface area contributed by atoms with Gasteiger partial charge in [0.05, 0.1) is 0 Å². The Morgan fingerprint density at radius 2 is 1.17 bits per heavy atom. The Balaban J connectivity index is 1.92. The minimum absolute atomic E-state index is 0.221. The Kier molecular flexibility index (Phi) is 4.12. The molecule has 0 heterocycles. The van der Waals surface area contributed by atoms with Gasteiger partial charge in [-0.1, -0.05) is 0 Å². The van der Waals surface area contributed by atoms with E-state index in [1.165, 1.54) is 22.3 Å². The van der Waals surface area contributed by atoms with E-state index >= 15 is 0 Å². The maximum absolute atomic E-state index is 7.73. The molecule has 0 aliphatic heterocycles. The molecule has 24 heavy (non-hydrogen) atoms. The van der Waals surface area contributed by atoms with Crippen molar-refractivity contribution in [1.82, 2.24) is 0 Å². The average molecular weight is 452 g/mol. The van der Waals surface area contributed by atoms with Gasteiger partial charge in [-0.25, -0.2) is 0 Å². The van der Waals surface area contributed by atoms with Crippen LogP contribution in [0.15, 0.2) is 60.7 Å². The quantitative estimate of drug-likeness (QED) is 0.467. The molecule has 0 fully saturated rings. The Hall–Kier alpha value is -0.400. The third-order valence-electron chi connectivity index (χ3n) is 5.89. The molecule has 0 aromatic heterocycles. The van der Waals surface area contributed by atoms with Crippen LogP contribution in [0.5, 0.6) is 0 Å². The summed E-state index contributed by atoms with van der Waals surface area (Å²) >= 11 is -4.17. The number of hydrogen-bond acceptors (Lipinski definition) is 0. The van der Waals surface area contributed by atoms with E-state index in [4.69, 9.17) is 17.0 Å². The van der Waals surface area contributed by atoms with Gasteiger partial charge < -0.3 is 0 Å². The first kappa shape index (κ1) is 17.0. The fourth-order valence-electron chi connectivity index (χ4n) is 4.37. The van der Waals surface area contributed by atoms with E-state index in [0.717, 1.165) is 0 Å². The molecule has 2 atom stereocenters. The molecule has 4 rings (SSSR count). The first-order valence-electron chi connectivity index (χ1n) is 8.54. The molecule has 0 radical (unpaired) electrons. The molecule has 0 saturated carbocycles. The van der Waals surface area contributed by atoms with E-state index in [-0.39, 0.29) is 7.25 Å². The van der Waals surface area contributed by atoms with E-state index < -0.39 is 21.5 Å². The second-order valence-electron chi connectivity index (χ2n) is 7.31. The van der Waals surface area contributed by atoms with Gasteiger partial charge in [0.25, 0.3) is 0 Å². The van der Waals surface area contributed by atoms with Gasteiger partial charge in [0.15, 0.2) is 0 Å². The van der Waals surface area contributed by atoms with Gasteiger partial charge >= 0.3 is 154 Å². The number of fused-ring (bicyclic) bond motifs is 2. The fourth-order valence-corrected chi connectivity index (χ4v) is 31.8.